The Bertz CT molecular complexity index is 638. The van der Waals surface area contributed by atoms with Gasteiger partial charge >= 0.3 is 0 Å². The molecule has 0 saturated carbocycles. The van der Waals surface area contributed by atoms with E-state index in [9.17, 15) is 13.2 Å². The summed E-state index contributed by atoms with van der Waals surface area (Å²) >= 11 is 5.98. The van der Waals surface area contributed by atoms with E-state index in [0.29, 0.717) is 5.56 Å². The molecule has 1 saturated heterocycles. The molecular formula is C14H19ClN2O3S. The lowest BCUT2D eigenvalue weighted by molar-refractivity contribution is 0.0724. The molecule has 116 valence electrons. The number of carbonyl (C=O) groups is 1. The summed E-state index contributed by atoms with van der Waals surface area (Å²) in [7, 11) is -0.793. The highest BCUT2D eigenvalue weighted by molar-refractivity contribution is 7.89. The number of rotatable bonds is 3. The molecule has 1 aliphatic heterocycles. The van der Waals surface area contributed by atoms with Crippen molar-refractivity contribution in [1.82, 2.24) is 9.21 Å². The number of amides is 1. The van der Waals surface area contributed by atoms with Crippen molar-refractivity contribution < 1.29 is 13.2 Å². The SMILES string of the molecule is CN(C)S(=O)(=O)c1cc(C(=O)N2CCCCC2)ccc1Cl. The van der Waals surface area contributed by atoms with Crippen molar-refractivity contribution >= 4 is 27.5 Å². The number of piperidine rings is 1. The van der Waals surface area contributed by atoms with E-state index < -0.39 is 10.0 Å². The zero-order chi connectivity index (χ0) is 15.6. The molecule has 0 radical (unpaired) electrons. The van der Waals surface area contributed by atoms with Crippen molar-refractivity contribution in [3.63, 3.8) is 0 Å². The molecule has 0 bridgehead atoms. The van der Waals surface area contributed by atoms with Gasteiger partial charge in [0.05, 0.1) is 5.02 Å². The molecule has 0 aliphatic carbocycles. The molecule has 0 atom stereocenters. The van der Waals surface area contributed by atoms with E-state index in [-0.39, 0.29) is 15.8 Å². The number of nitrogens with zero attached hydrogens (tertiary/aromatic N) is 2. The first-order chi connectivity index (χ1) is 9.84. The summed E-state index contributed by atoms with van der Waals surface area (Å²) in [5.41, 5.74) is 0.363. The van der Waals surface area contributed by atoms with Gasteiger partial charge in [-0.3, -0.25) is 4.79 Å². The second-order valence-corrected chi connectivity index (χ2v) is 7.81. The van der Waals surface area contributed by atoms with Crippen LogP contribution < -0.4 is 0 Å². The second kappa shape index (κ2) is 6.34. The van der Waals surface area contributed by atoms with Gasteiger partial charge in [0.2, 0.25) is 10.0 Å². The van der Waals surface area contributed by atoms with E-state index in [0.717, 1.165) is 36.7 Å². The summed E-state index contributed by atoms with van der Waals surface area (Å²) in [6.07, 6.45) is 3.11. The molecular weight excluding hydrogens is 312 g/mol. The van der Waals surface area contributed by atoms with E-state index in [2.05, 4.69) is 0 Å². The van der Waals surface area contributed by atoms with Crippen LogP contribution in [0.5, 0.6) is 0 Å². The molecule has 21 heavy (non-hydrogen) atoms. The molecule has 1 heterocycles. The predicted molar refractivity (Wildman–Crippen MR) is 82.1 cm³/mol. The molecule has 0 aromatic heterocycles. The maximum atomic E-state index is 12.4. The van der Waals surface area contributed by atoms with Crippen LogP contribution in [0.15, 0.2) is 23.1 Å². The number of sulfonamides is 1. The molecule has 2 rings (SSSR count). The molecule has 1 aromatic rings. The van der Waals surface area contributed by atoms with Crippen LogP contribution in [0.1, 0.15) is 29.6 Å². The molecule has 0 spiro atoms. The van der Waals surface area contributed by atoms with Crippen molar-refractivity contribution in [1.29, 1.82) is 0 Å². The Morgan fingerprint density at radius 1 is 1.19 bits per heavy atom. The Kier molecular flexibility index (Phi) is 4.91. The van der Waals surface area contributed by atoms with Crippen LogP contribution >= 0.6 is 11.6 Å². The van der Waals surface area contributed by atoms with Crippen LogP contribution in [-0.4, -0.2) is 50.7 Å². The number of carbonyl (C=O) groups excluding carboxylic acids is 1. The highest BCUT2D eigenvalue weighted by Crippen LogP contribution is 2.25. The monoisotopic (exact) mass is 330 g/mol. The van der Waals surface area contributed by atoms with Crippen LogP contribution in [0.2, 0.25) is 5.02 Å². The Morgan fingerprint density at radius 3 is 2.38 bits per heavy atom. The summed E-state index contributed by atoms with van der Waals surface area (Å²) in [5, 5.41) is 0.124. The third-order valence-electron chi connectivity index (χ3n) is 3.58. The fourth-order valence-electron chi connectivity index (χ4n) is 2.31. The summed E-state index contributed by atoms with van der Waals surface area (Å²) in [6.45, 7) is 1.44. The van der Waals surface area contributed by atoms with Crippen LogP contribution in [0.4, 0.5) is 0 Å². The lowest BCUT2D eigenvalue weighted by atomic mass is 10.1. The maximum absolute atomic E-state index is 12.4. The number of halogens is 1. The maximum Gasteiger partial charge on any atom is 0.253 e. The lowest BCUT2D eigenvalue weighted by Gasteiger charge is -2.27. The van der Waals surface area contributed by atoms with E-state index in [1.54, 1.807) is 11.0 Å². The van der Waals surface area contributed by atoms with Crippen LogP contribution in [-0.2, 0) is 10.0 Å². The minimum absolute atomic E-state index is 0.0305. The molecule has 0 unspecified atom stereocenters. The van der Waals surface area contributed by atoms with Gasteiger partial charge in [0.1, 0.15) is 4.90 Å². The van der Waals surface area contributed by atoms with Crippen LogP contribution in [0, 0.1) is 0 Å². The van der Waals surface area contributed by atoms with E-state index >= 15 is 0 Å². The third-order valence-corrected chi connectivity index (χ3v) is 5.88. The Morgan fingerprint density at radius 2 is 1.81 bits per heavy atom. The van der Waals surface area contributed by atoms with Gasteiger partial charge in [-0.25, -0.2) is 12.7 Å². The number of hydrogen-bond acceptors (Lipinski definition) is 3. The van der Waals surface area contributed by atoms with Crippen molar-refractivity contribution in [3.05, 3.63) is 28.8 Å². The largest absolute Gasteiger partial charge is 0.339 e. The minimum atomic E-state index is -3.66. The van der Waals surface area contributed by atoms with Gasteiger partial charge in [0.25, 0.3) is 5.91 Å². The number of likely N-dealkylation sites (tertiary alicyclic amines) is 1. The fraction of sp³-hybridized carbons (Fsp3) is 0.500. The highest BCUT2D eigenvalue weighted by atomic mass is 35.5. The first kappa shape index (κ1) is 16.3. The minimum Gasteiger partial charge on any atom is -0.339 e. The van der Waals surface area contributed by atoms with Gasteiger partial charge in [-0.15, -0.1) is 0 Å². The predicted octanol–water partition coefficient (Wildman–Crippen LogP) is 2.22. The fourth-order valence-corrected chi connectivity index (χ4v) is 3.70. The standard InChI is InChI=1S/C14H19ClN2O3S/c1-16(2)21(19,20)13-10-11(6-7-12(13)15)14(18)17-8-4-3-5-9-17/h6-7,10H,3-5,8-9H2,1-2H3. The average molecular weight is 331 g/mol. The van der Waals surface area contributed by atoms with Crippen molar-refractivity contribution in [2.24, 2.45) is 0 Å². The van der Waals surface area contributed by atoms with E-state index in [1.165, 1.54) is 26.2 Å². The summed E-state index contributed by atoms with van der Waals surface area (Å²) in [5.74, 6) is -0.137. The zero-order valence-corrected chi connectivity index (χ0v) is 13.7. The molecule has 1 aliphatic rings. The topological polar surface area (TPSA) is 57.7 Å². The van der Waals surface area contributed by atoms with Gasteiger partial charge in [0.15, 0.2) is 0 Å². The van der Waals surface area contributed by atoms with Gasteiger partial charge in [-0.2, -0.15) is 0 Å². The van der Waals surface area contributed by atoms with E-state index in [4.69, 9.17) is 11.6 Å². The molecule has 1 amide bonds. The number of hydrogen-bond donors (Lipinski definition) is 0. The molecule has 1 aromatic carbocycles. The van der Waals surface area contributed by atoms with E-state index in [1.807, 2.05) is 0 Å². The first-order valence-electron chi connectivity index (χ1n) is 6.85. The first-order valence-corrected chi connectivity index (χ1v) is 8.67. The smallest absolute Gasteiger partial charge is 0.253 e. The third kappa shape index (κ3) is 3.39. The molecule has 1 fully saturated rings. The van der Waals surface area contributed by atoms with Crippen molar-refractivity contribution in [3.8, 4) is 0 Å². The normalized spacial score (nSPS) is 16.3. The summed E-state index contributed by atoms with van der Waals surface area (Å²) in [4.78, 5) is 14.2. The van der Waals surface area contributed by atoms with Gasteiger partial charge in [0, 0.05) is 32.7 Å². The Balaban J connectivity index is 2.37. The second-order valence-electron chi connectivity index (χ2n) is 5.29. The summed E-state index contributed by atoms with van der Waals surface area (Å²) < 4.78 is 25.5. The van der Waals surface area contributed by atoms with Crippen LogP contribution in [0.25, 0.3) is 0 Å². The quantitative estimate of drug-likeness (QED) is 0.853. The number of benzene rings is 1. The summed E-state index contributed by atoms with van der Waals surface area (Å²) in [6, 6.07) is 4.41. The van der Waals surface area contributed by atoms with Crippen molar-refractivity contribution in [2.75, 3.05) is 27.2 Å². The molecule has 7 heteroatoms. The van der Waals surface area contributed by atoms with Gasteiger partial charge in [-0.1, -0.05) is 11.6 Å². The Hall–Kier alpha value is -1.11. The molecule has 5 nitrogen and oxygen atoms in total. The molecule has 0 N–H and O–H groups in total. The van der Waals surface area contributed by atoms with Crippen LogP contribution in [0.3, 0.4) is 0 Å². The Labute approximate surface area is 130 Å². The van der Waals surface area contributed by atoms with Gasteiger partial charge in [-0.05, 0) is 37.5 Å². The van der Waals surface area contributed by atoms with Crippen molar-refractivity contribution in [2.45, 2.75) is 24.2 Å². The zero-order valence-electron chi connectivity index (χ0n) is 12.2. The highest BCUT2D eigenvalue weighted by Gasteiger charge is 2.24. The average Bonchev–Trinajstić information content (AvgIpc) is 2.47. The lowest BCUT2D eigenvalue weighted by Crippen LogP contribution is -2.35. The van der Waals surface area contributed by atoms with Gasteiger partial charge < -0.3 is 4.90 Å².